The molecule has 0 bridgehead atoms. The Balaban J connectivity index is 2.51. The van der Waals surface area contributed by atoms with Crippen LogP contribution in [0.15, 0.2) is 22.7 Å². The lowest BCUT2D eigenvalue weighted by Gasteiger charge is -1.97. The van der Waals surface area contributed by atoms with Gasteiger partial charge in [-0.25, -0.2) is 0 Å². The number of aromatic nitrogens is 2. The molecule has 0 N–H and O–H groups in total. The Morgan fingerprint density at radius 1 is 1.21 bits per heavy atom. The zero-order chi connectivity index (χ0) is 10.1. The Hall–Kier alpha value is -1.06. The summed E-state index contributed by atoms with van der Waals surface area (Å²) in [7, 11) is 0. The molecule has 0 aliphatic carbocycles. The second-order valence-electron chi connectivity index (χ2n) is 2.89. The number of benzene rings is 1. The highest BCUT2D eigenvalue weighted by molar-refractivity contribution is 6.31. The summed E-state index contributed by atoms with van der Waals surface area (Å²) in [5.74, 6) is 0.376. The lowest BCUT2D eigenvalue weighted by Crippen LogP contribution is -1.80. The molecule has 2 aromatic rings. The van der Waals surface area contributed by atoms with Crippen molar-refractivity contribution in [1.29, 1.82) is 0 Å². The Morgan fingerprint density at radius 2 is 2.00 bits per heavy atom. The molecule has 1 aromatic heterocycles. The summed E-state index contributed by atoms with van der Waals surface area (Å²) in [5.41, 5.74) is 1.80. The van der Waals surface area contributed by atoms with Gasteiger partial charge in [-0.15, -0.1) is 0 Å². The van der Waals surface area contributed by atoms with E-state index in [1.54, 1.807) is 6.07 Å². The first-order valence-corrected chi connectivity index (χ1v) is 4.67. The maximum atomic E-state index is 5.88. The SMILES string of the molecule is Cc1cc(Cl)cc(-c2nc(Cl)no2)c1. The lowest BCUT2D eigenvalue weighted by atomic mass is 10.1. The third-order valence-corrected chi connectivity index (χ3v) is 2.06. The van der Waals surface area contributed by atoms with Gasteiger partial charge in [0.2, 0.25) is 0 Å². The molecule has 72 valence electrons. The quantitative estimate of drug-likeness (QED) is 0.752. The topological polar surface area (TPSA) is 38.9 Å². The van der Waals surface area contributed by atoms with Crippen molar-refractivity contribution in [2.24, 2.45) is 0 Å². The number of aryl methyl sites for hydroxylation is 1. The predicted molar refractivity (Wildman–Crippen MR) is 54.5 cm³/mol. The fourth-order valence-corrected chi connectivity index (χ4v) is 1.58. The molecule has 0 fully saturated rings. The molecule has 14 heavy (non-hydrogen) atoms. The van der Waals surface area contributed by atoms with E-state index in [1.807, 2.05) is 19.1 Å². The Bertz CT molecular complexity index is 447. The normalized spacial score (nSPS) is 10.5. The summed E-state index contributed by atoms with van der Waals surface area (Å²) in [4.78, 5) is 3.89. The number of hydrogen-bond donors (Lipinski definition) is 0. The molecular formula is C9H6Cl2N2O. The van der Waals surface area contributed by atoms with Crippen LogP contribution in [-0.4, -0.2) is 10.1 Å². The first-order valence-electron chi connectivity index (χ1n) is 3.92. The molecule has 0 spiro atoms. The molecular weight excluding hydrogens is 223 g/mol. The van der Waals surface area contributed by atoms with E-state index in [4.69, 9.17) is 27.7 Å². The smallest absolute Gasteiger partial charge is 0.264 e. The van der Waals surface area contributed by atoms with Crippen molar-refractivity contribution >= 4 is 23.2 Å². The van der Waals surface area contributed by atoms with Gasteiger partial charge in [0.15, 0.2) is 0 Å². The second kappa shape index (κ2) is 3.59. The highest BCUT2D eigenvalue weighted by Gasteiger charge is 2.07. The molecule has 0 aliphatic heterocycles. The van der Waals surface area contributed by atoms with E-state index in [-0.39, 0.29) is 5.28 Å². The van der Waals surface area contributed by atoms with Gasteiger partial charge in [-0.3, -0.25) is 0 Å². The Kier molecular flexibility index (Phi) is 2.44. The first-order chi connectivity index (χ1) is 6.65. The molecule has 1 heterocycles. The third-order valence-electron chi connectivity index (χ3n) is 1.69. The van der Waals surface area contributed by atoms with Gasteiger partial charge >= 0.3 is 0 Å². The van der Waals surface area contributed by atoms with E-state index in [0.29, 0.717) is 10.9 Å². The number of halogens is 2. The van der Waals surface area contributed by atoms with E-state index >= 15 is 0 Å². The van der Waals surface area contributed by atoms with Crippen LogP contribution in [0.5, 0.6) is 0 Å². The van der Waals surface area contributed by atoms with Crippen LogP contribution < -0.4 is 0 Å². The van der Waals surface area contributed by atoms with Gasteiger partial charge < -0.3 is 4.52 Å². The van der Waals surface area contributed by atoms with Crippen molar-refractivity contribution in [2.75, 3.05) is 0 Å². The standard InChI is InChI=1S/C9H6Cl2N2O/c1-5-2-6(4-7(10)3-5)8-12-9(11)13-14-8/h2-4H,1H3. The summed E-state index contributed by atoms with van der Waals surface area (Å²) in [6.45, 7) is 1.94. The molecule has 0 saturated heterocycles. The van der Waals surface area contributed by atoms with Crippen molar-refractivity contribution in [3.63, 3.8) is 0 Å². The van der Waals surface area contributed by atoms with E-state index in [2.05, 4.69) is 10.1 Å². The van der Waals surface area contributed by atoms with Crippen LogP contribution in [0, 0.1) is 6.92 Å². The van der Waals surface area contributed by atoms with Crippen LogP contribution in [0.3, 0.4) is 0 Å². The third kappa shape index (κ3) is 1.89. The van der Waals surface area contributed by atoms with Crippen molar-refractivity contribution < 1.29 is 4.52 Å². The highest BCUT2D eigenvalue weighted by atomic mass is 35.5. The van der Waals surface area contributed by atoms with Crippen molar-refractivity contribution in [1.82, 2.24) is 10.1 Å². The van der Waals surface area contributed by atoms with Crippen LogP contribution >= 0.6 is 23.2 Å². The van der Waals surface area contributed by atoms with Gasteiger partial charge in [0, 0.05) is 10.6 Å². The van der Waals surface area contributed by atoms with Crippen LogP contribution in [0.4, 0.5) is 0 Å². The van der Waals surface area contributed by atoms with E-state index in [0.717, 1.165) is 11.1 Å². The molecule has 0 unspecified atom stereocenters. The van der Waals surface area contributed by atoms with Crippen LogP contribution in [0.1, 0.15) is 5.56 Å². The summed E-state index contributed by atoms with van der Waals surface area (Å²) in [6, 6.07) is 5.50. The summed E-state index contributed by atoms with van der Waals surface area (Å²) in [6.07, 6.45) is 0. The van der Waals surface area contributed by atoms with Gasteiger partial charge in [0.05, 0.1) is 0 Å². The van der Waals surface area contributed by atoms with E-state index < -0.39 is 0 Å². The minimum Gasteiger partial charge on any atom is -0.333 e. The Morgan fingerprint density at radius 3 is 2.57 bits per heavy atom. The van der Waals surface area contributed by atoms with Gasteiger partial charge in [-0.05, 0) is 47.4 Å². The Labute approximate surface area is 90.6 Å². The van der Waals surface area contributed by atoms with Crippen LogP contribution in [-0.2, 0) is 0 Å². The molecule has 0 saturated carbocycles. The molecule has 0 amide bonds. The number of hydrogen-bond acceptors (Lipinski definition) is 3. The molecule has 1 aromatic carbocycles. The van der Waals surface area contributed by atoms with Gasteiger partial charge in [-0.1, -0.05) is 11.6 Å². The van der Waals surface area contributed by atoms with Crippen molar-refractivity contribution in [2.45, 2.75) is 6.92 Å². The van der Waals surface area contributed by atoms with Gasteiger partial charge in [-0.2, -0.15) is 4.98 Å². The zero-order valence-electron chi connectivity index (χ0n) is 7.29. The summed E-state index contributed by atoms with van der Waals surface area (Å²) >= 11 is 11.4. The van der Waals surface area contributed by atoms with E-state index in [9.17, 15) is 0 Å². The van der Waals surface area contributed by atoms with Crippen LogP contribution in [0.25, 0.3) is 11.5 Å². The number of rotatable bonds is 1. The number of nitrogens with zero attached hydrogens (tertiary/aromatic N) is 2. The minimum absolute atomic E-state index is 0.0950. The average molecular weight is 229 g/mol. The fourth-order valence-electron chi connectivity index (χ4n) is 1.18. The predicted octanol–water partition coefficient (Wildman–Crippen LogP) is 3.35. The molecule has 2 rings (SSSR count). The fraction of sp³-hybridized carbons (Fsp3) is 0.111. The van der Waals surface area contributed by atoms with E-state index in [1.165, 1.54) is 0 Å². The van der Waals surface area contributed by atoms with Crippen molar-refractivity contribution in [3.8, 4) is 11.5 Å². The summed E-state index contributed by atoms with van der Waals surface area (Å²) in [5, 5.41) is 4.22. The molecule has 0 radical (unpaired) electrons. The van der Waals surface area contributed by atoms with Gasteiger partial charge in [0.1, 0.15) is 0 Å². The lowest BCUT2D eigenvalue weighted by molar-refractivity contribution is 0.430. The largest absolute Gasteiger partial charge is 0.333 e. The zero-order valence-corrected chi connectivity index (χ0v) is 8.80. The molecule has 0 atom stereocenters. The molecule has 3 nitrogen and oxygen atoms in total. The second-order valence-corrected chi connectivity index (χ2v) is 3.66. The highest BCUT2D eigenvalue weighted by Crippen LogP contribution is 2.23. The first kappa shape index (κ1) is 9.49. The maximum absolute atomic E-state index is 5.88. The van der Waals surface area contributed by atoms with Gasteiger partial charge in [0.25, 0.3) is 11.2 Å². The molecule has 5 heteroatoms. The summed E-state index contributed by atoms with van der Waals surface area (Å²) < 4.78 is 4.91. The monoisotopic (exact) mass is 228 g/mol. The average Bonchev–Trinajstić information content (AvgIpc) is 2.50. The van der Waals surface area contributed by atoms with Crippen molar-refractivity contribution in [3.05, 3.63) is 34.1 Å². The minimum atomic E-state index is 0.0950. The maximum Gasteiger partial charge on any atom is 0.264 e. The van der Waals surface area contributed by atoms with Crippen LogP contribution in [0.2, 0.25) is 10.3 Å². The molecule has 0 aliphatic rings.